The first kappa shape index (κ1) is 6.97. The minimum atomic E-state index is 0.800. The Kier molecular flexibility index (Phi) is 4.10. The SMILES string of the molecule is C1=C=C[Se][Se][Se]CC=1. The van der Waals surface area contributed by atoms with E-state index in [9.17, 15) is 0 Å². The molecule has 0 atom stereocenters. The van der Waals surface area contributed by atoms with Crippen molar-refractivity contribution < 1.29 is 0 Å². The summed E-state index contributed by atoms with van der Waals surface area (Å²) in [4.78, 5) is 2.16. The molecule has 1 aliphatic rings. The molecule has 0 radical (unpaired) electrons. The Bertz CT molecular complexity index is 131. The van der Waals surface area contributed by atoms with Gasteiger partial charge in [0, 0.05) is 0 Å². The summed E-state index contributed by atoms with van der Waals surface area (Å²) in [5, 5.41) is 1.29. The molecule has 0 unspecified atom stereocenters. The Labute approximate surface area is 65.1 Å². The molecule has 42 valence electrons. The first-order valence-corrected chi connectivity index (χ1v) is 13.0. The van der Waals surface area contributed by atoms with E-state index in [1.807, 2.05) is 0 Å². The molecule has 1 rings (SSSR count). The van der Waals surface area contributed by atoms with Crippen LogP contribution >= 0.6 is 0 Å². The van der Waals surface area contributed by atoms with E-state index in [0.717, 1.165) is 37.6 Å². The average Bonchev–Trinajstić information content (AvgIpc) is 1.62. The number of hydrogen-bond donors (Lipinski definition) is 0. The molecule has 0 aromatic rings. The van der Waals surface area contributed by atoms with Crippen LogP contribution in [0.15, 0.2) is 22.5 Å². The zero-order valence-electron chi connectivity index (χ0n) is 4.09. The molecule has 0 aromatic heterocycles. The van der Waals surface area contributed by atoms with Crippen molar-refractivity contribution in [3.63, 3.8) is 0 Å². The summed E-state index contributed by atoms with van der Waals surface area (Å²) in [7, 11) is 0. The van der Waals surface area contributed by atoms with Crippen molar-refractivity contribution in [2.75, 3.05) is 0 Å². The molecule has 0 saturated carbocycles. The fourth-order valence-electron chi connectivity index (χ4n) is 0.268. The van der Waals surface area contributed by atoms with E-state index < -0.39 is 0 Å². The maximum absolute atomic E-state index is 3.01. The summed E-state index contributed by atoms with van der Waals surface area (Å²) in [6.07, 6.45) is 2.10. The van der Waals surface area contributed by atoms with E-state index in [0.29, 0.717) is 0 Å². The van der Waals surface area contributed by atoms with Gasteiger partial charge in [-0.05, 0) is 0 Å². The molecule has 0 aromatic carbocycles. The zero-order chi connectivity index (χ0) is 5.66. The normalized spacial score (nSPS) is 18.0. The van der Waals surface area contributed by atoms with E-state index in [-0.39, 0.29) is 0 Å². The molecule has 1 heterocycles. The van der Waals surface area contributed by atoms with Crippen LogP contribution in [0, 0.1) is 0 Å². The van der Waals surface area contributed by atoms with Crippen LogP contribution in [-0.4, -0.2) is 37.6 Å². The third kappa shape index (κ3) is 3.00. The molecule has 0 spiro atoms. The average molecular weight is 301 g/mol. The Hall–Kier alpha value is 0.858. The first-order valence-electron chi connectivity index (χ1n) is 2.09. The van der Waals surface area contributed by atoms with Gasteiger partial charge in [0.2, 0.25) is 0 Å². The Balaban J connectivity index is 2.59. The molecular weight excluding hydrogens is 297 g/mol. The van der Waals surface area contributed by atoms with Gasteiger partial charge in [-0.15, -0.1) is 0 Å². The topological polar surface area (TPSA) is 0 Å². The van der Waals surface area contributed by atoms with Gasteiger partial charge in [-0.1, -0.05) is 0 Å². The Morgan fingerprint density at radius 1 is 1.38 bits per heavy atom. The van der Waals surface area contributed by atoms with Crippen molar-refractivity contribution in [1.29, 1.82) is 0 Å². The molecule has 8 heavy (non-hydrogen) atoms. The summed E-state index contributed by atoms with van der Waals surface area (Å²) < 4.78 is 0. The minimum absolute atomic E-state index is 0.800. The van der Waals surface area contributed by atoms with Crippen LogP contribution in [0.4, 0.5) is 0 Å². The van der Waals surface area contributed by atoms with E-state index in [1.165, 1.54) is 5.32 Å². The van der Waals surface area contributed by atoms with E-state index in [1.54, 1.807) is 0 Å². The fraction of sp³-hybridized carbons (Fsp3) is 0.200. The van der Waals surface area contributed by atoms with Gasteiger partial charge in [0.25, 0.3) is 0 Å². The summed E-state index contributed by atoms with van der Waals surface area (Å²) in [6.45, 7) is 0. The number of rotatable bonds is 0. The van der Waals surface area contributed by atoms with Gasteiger partial charge in [0.1, 0.15) is 0 Å². The number of allylic oxidation sites excluding steroid dienone is 1. The fourth-order valence-corrected chi connectivity index (χ4v) is 12.6. The maximum atomic E-state index is 3.01. The van der Waals surface area contributed by atoms with Gasteiger partial charge >= 0.3 is 65.4 Å². The van der Waals surface area contributed by atoms with Crippen LogP contribution in [0.25, 0.3) is 0 Å². The third-order valence-corrected chi connectivity index (χ3v) is 16.3. The van der Waals surface area contributed by atoms with Crippen LogP contribution in [0.1, 0.15) is 0 Å². The van der Waals surface area contributed by atoms with Gasteiger partial charge in [0.15, 0.2) is 0 Å². The van der Waals surface area contributed by atoms with E-state index >= 15 is 0 Å². The monoisotopic (exact) mass is 304 g/mol. The molecule has 0 N–H and O–H groups in total. The van der Waals surface area contributed by atoms with Gasteiger partial charge in [-0.3, -0.25) is 0 Å². The van der Waals surface area contributed by atoms with Crippen LogP contribution < -0.4 is 0 Å². The van der Waals surface area contributed by atoms with Gasteiger partial charge < -0.3 is 0 Å². The zero-order valence-corrected chi connectivity index (χ0v) is 9.23. The van der Waals surface area contributed by atoms with Crippen LogP contribution in [0.2, 0.25) is 5.32 Å². The third-order valence-electron chi connectivity index (χ3n) is 0.531. The predicted molar refractivity (Wildman–Crippen MR) is 38.2 cm³/mol. The van der Waals surface area contributed by atoms with Gasteiger partial charge in [-0.2, -0.15) is 0 Å². The van der Waals surface area contributed by atoms with E-state index in [4.69, 9.17) is 0 Å². The standard InChI is InChI=1S/C5H4Se3/c1-2-4-6-8-7-5-3-1/h2,5H,4H2. The van der Waals surface area contributed by atoms with Gasteiger partial charge in [-0.25, -0.2) is 0 Å². The molecule has 0 amide bonds. The predicted octanol–water partition coefficient (Wildman–Crippen LogP) is 0.185. The van der Waals surface area contributed by atoms with E-state index in [2.05, 4.69) is 22.5 Å². The van der Waals surface area contributed by atoms with Crippen LogP contribution in [0.5, 0.6) is 0 Å². The molecule has 0 aliphatic carbocycles. The van der Waals surface area contributed by atoms with Crippen molar-refractivity contribution in [3.8, 4) is 0 Å². The second kappa shape index (κ2) is 4.71. The summed E-state index contributed by atoms with van der Waals surface area (Å²) in [6, 6.07) is 0. The van der Waals surface area contributed by atoms with Crippen molar-refractivity contribution in [3.05, 3.63) is 22.5 Å². The van der Waals surface area contributed by atoms with Gasteiger partial charge in [0.05, 0.1) is 0 Å². The summed E-state index contributed by atoms with van der Waals surface area (Å²) in [5.74, 6) is 0. The van der Waals surface area contributed by atoms with Crippen LogP contribution in [0.3, 0.4) is 0 Å². The van der Waals surface area contributed by atoms with Crippen molar-refractivity contribution in [1.82, 2.24) is 0 Å². The van der Waals surface area contributed by atoms with Crippen molar-refractivity contribution in [2.45, 2.75) is 5.32 Å². The molecule has 1 aliphatic heterocycles. The second-order valence-electron chi connectivity index (χ2n) is 1.06. The molecule has 3 heteroatoms. The summed E-state index contributed by atoms with van der Waals surface area (Å²) in [5.41, 5.74) is 6.01. The molecule has 0 saturated heterocycles. The molecule has 0 bridgehead atoms. The molecular formula is C5H4Se3. The first-order chi connectivity index (χ1) is 4.00. The number of hydrogen-bond acceptors (Lipinski definition) is 0. The van der Waals surface area contributed by atoms with Crippen molar-refractivity contribution in [2.24, 2.45) is 0 Å². The van der Waals surface area contributed by atoms with Crippen LogP contribution in [-0.2, 0) is 0 Å². The molecule has 0 fully saturated rings. The Morgan fingerprint density at radius 2 is 2.38 bits per heavy atom. The Morgan fingerprint density at radius 3 is 3.38 bits per heavy atom. The molecule has 0 nitrogen and oxygen atoms in total. The quantitative estimate of drug-likeness (QED) is 0.442. The van der Waals surface area contributed by atoms with Crippen molar-refractivity contribution >= 4 is 37.6 Å². The second-order valence-corrected chi connectivity index (χ2v) is 17.3. The summed E-state index contributed by atoms with van der Waals surface area (Å²) >= 11 is 2.69.